The molecule has 1 fully saturated rings. The largest absolute Gasteiger partial charge is 0.395 e. The second kappa shape index (κ2) is 5.77. The topological polar surface area (TPSA) is 93.0 Å². The van der Waals surface area contributed by atoms with Gasteiger partial charge in [0.05, 0.1) is 37.0 Å². The van der Waals surface area contributed by atoms with Gasteiger partial charge in [0.15, 0.2) is 0 Å². The van der Waals surface area contributed by atoms with E-state index in [9.17, 15) is 15.3 Å². The number of unbranched alkanes of at least 4 members (excludes halogenated alkanes) is 1. The van der Waals surface area contributed by atoms with E-state index in [0.717, 1.165) is 12.8 Å². The number of hydrogen-bond donors (Lipinski definition) is 5. The van der Waals surface area contributed by atoms with E-state index >= 15 is 0 Å². The fourth-order valence-corrected chi connectivity index (χ4v) is 1.99. The van der Waals surface area contributed by atoms with Crippen molar-refractivity contribution in [1.29, 1.82) is 0 Å². The van der Waals surface area contributed by atoms with E-state index in [4.69, 9.17) is 5.11 Å². The highest BCUT2D eigenvalue weighted by Crippen LogP contribution is 2.19. The van der Waals surface area contributed by atoms with Crippen molar-refractivity contribution < 1.29 is 20.4 Å². The minimum absolute atomic E-state index is 0.241. The number of rotatable bonds is 5. The molecule has 0 unspecified atom stereocenters. The van der Waals surface area contributed by atoms with Crippen LogP contribution in [-0.2, 0) is 0 Å². The van der Waals surface area contributed by atoms with Crippen molar-refractivity contribution in [3.63, 3.8) is 0 Å². The van der Waals surface area contributed by atoms with Crippen LogP contribution in [0.4, 0.5) is 0 Å². The van der Waals surface area contributed by atoms with Crippen LogP contribution >= 0.6 is 0 Å². The van der Waals surface area contributed by atoms with Crippen molar-refractivity contribution in [2.24, 2.45) is 0 Å². The molecule has 1 aliphatic heterocycles. The molecule has 1 rings (SSSR count). The van der Waals surface area contributed by atoms with Gasteiger partial charge in [-0.05, 0) is 6.42 Å². The zero-order valence-electron chi connectivity index (χ0n) is 9.00. The van der Waals surface area contributed by atoms with E-state index in [1.54, 1.807) is 0 Å². The standard InChI is InChI=1S/C10H21NO4/c1-2-3-4-7(13)8-10(15)9(14)6(5-12)11-8/h6-15H,2-5H2,1H3/t6-,7+,8-,9-,10-/m1/s1. The highest BCUT2D eigenvalue weighted by Gasteiger charge is 2.43. The normalized spacial score (nSPS) is 38.2. The van der Waals surface area contributed by atoms with E-state index < -0.39 is 30.4 Å². The molecule has 0 aromatic carbocycles. The highest BCUT2D eigenvalue weighted by atomic mass is 16.3. The summed E-state index contributed by atoms with van der Waals surface area (Å²) in [6.07, 6.45) is -0.232. The second-order valence-electron chi connectivity index (χ2n) is 4.17. The predicted octanol–water partition coefficient (Wildman–Crippen LogP) is -1.41. The van der Waals surface area contributed by atoms with Crippen LogP contribution in [0.5, 0.6) is 0 Å². The maximum Gasteiger partial charge on any atom is 0.0993 e. The van der Waals surface area contributed by atoms with E-state index in [2.05, 4.69) is 5.32 Å². The maximum absolute atomic E-state index is 9.77. The van der Waals surface area contributed by atoms with Crippen LogP contribution in [0, 0.1) is 0 Å². The smallest absolute Gasteiger partial charge is 0.0993 e. The van der Waals surface area contributed by atoms with Crippen molar-refractivity contribution in [2.75, 3.05) is 6.61 Å². The van der Waals surface area contributed by atoms with Gasteiger partial charge in [0.2, 0.25) is 0 Å². The number of nitrogens with one attached hydrogen (secondary N) is 1. The molecule has 0 aromatic heterocycles. The Balaban J connectivity index is 2.48. The zero-order valence-corrected chi connectivity index (χ0v) is 9.00. The molecule has 5 heteroatoms. The van der Waals surface area contributed by atoms with Gasteiger partial charge in [-0.2, -0.15) is 0 Å². The Morgan fingerprint density at radius 2 is 1.93 bits per heavy atom. The van der Waals surface area contributed by atoms with Crippen molar-refractivity contribution >= 4 is 0 Å². The monoisotopic (exact) mass is 219 g/mol. The number of aliphatic hydroxyl groups excluding tert-OH is 4. The molecule has 0 aromatic rings. The lowest BCUT2D eigenvalue weighted by Crippen LogP contribution is -2.44. The first-order valence-corrected chi connectivity index (χ1v) is 5.53. The molecule has 0 radical (unpaired) electrons. The first kappa shape index (κ1) is 12.9. The fourth-order valence-electron chi connectivity index (χ4n) is 1.99. The van der Waals surface area contributed by atoms with E-state index in [1.165, 1.54) is 0 Å². The molecule has 0 saturated carbocycles. The molecule has 5 N–H and O–H groups in total. The summed E-state index contributed by atoms with van der Waals surface area (Å²) in [6.45, 7) is 1.78. The minimum Gasteiger partial charge on any atom is -0.395 e. The Bertz CT molecular complexity index is 190. The summed E-state index contributed by atoms with van der Waals surface area (Å²) >= 11 is 0. The van der Waals surface area contributed by atoms with Crippen LogP contribution in [-0.4, -0.2) is 57.4 Å². The predicted molar refractivity (Wildman–Crippen MR) is 55.3 cm³/mol. The zero-order chi connectivity index (χ0) is 11.4. The summed E-state index contributed by atoms with van der Waals surface area (Å²) in [5.41, 5.74) is 0. The SMILES string of the molecule is CCCC[C@H](O)[C@H]1N[C@H](CO)[C@@H](O)[C@@H]1O. The van der Waals surface area contributed by atoms with Crippen LogP contribution < -0.4 is 5.32 Å². The van der Waals surface area contributed by atoms with Gasteiger partial charge < -0.3 is 25.7 Å². The number of aliphatic hydroxyl groups is 4. The third-order valence-corrected chi connectivity index (χ3v) is 3.00. The Kier molecular flexibility index (Phi) is 4.95. The quantitative estimate of drug-likeness (QED) is 0.392. The highest BCUT2D eigenvalue weighted by molar-refractivity contribution is 5.00. The van der Waals surface area contributed by atoms with Gasteiger partial charge in [0.1, 0.15) is 0 Å². The van der Waals surface area contributed by atoms with Gasteiger partial charge in [-0.3, -0.25) is 0 Å². The van der Waals surface area contributed by atoms with Crippen LogP contribution in [0.2, 0.25) is 0 Å². The fraction of sp³-hybridized carbons (Fsp3) is 1.00. The van der Waals surface area contributed by atoms with E-state index in [1.807, 2.05) is 6.92 Å². The second-order valence-corrected chi connectivity index (χ2v) is 4.17. The van der Waals surface area contributed by atoms with Gasteiger partial charge in [0.25, 0.3) is 0 Å². The third-order valence-electron chi connectivity index (χ3n) is 3.00. The molecular weight excluding hydrogens is 198 g/mol. The van der Waals surface area contributed by atoms with Crippen molar-refractivity contribution in [3.05, 3.63) is 0 Å². The lowest BCUT2D eigenvalue weighted by molar-refractivity contribution is -0.00435. The summed E-state index contributed by atoms with van der Waals surface area (Å²) in [7, 11) is 0. The summed E-state index contributed by atoms with van der Waals surface area (Å²) in [5, 5.41) is 40.7. The maximum atomic E-state index is 9.77. The van der Waals surface area contributed by atoms with E-state index in [-0.39, 0.29) is 6.61 Å². The molecule has 15 heavy (non-hydrogen) atoms. The lowest BCUT2D eigenvalue weighted by Gasteiger charge is -2.21. The van der Waals surface area contributed by atoms with Crippen LogP contribution in [0.15, 0.2) is 0 Å². The van der Waals surface area contributed by atoms with Gasteiger partial charge in [-0.25, -0.2) is 0 Å². The molecule has 5 atom stereocenters. The molecule has 0 aliphatic carbocycles. The van der Waals surface area contributed by atoms with Crippen LogP contribution in [0.3, 0.4) is 0 Å². The van der Waals surface area contributed by atoms with Crippen molar-refractivity contribution in [2.45, 2.75) is 56.6 Å². The Labute approximate surface area is 89.7 Å². The average molecular weight is 219 g/mol. The molecule has 1 aliphatic rings. The first-order chi connectivity index (χ1) is 7.11. The van der Waals surface area contributed by atoms with E-state index in [0.29, 0.717) is 6.42 Å². The van der Waals surface area contributed by atoms with Crippen molar-refractivity contribution in [1.82, 2.24) is 5.32 Å². The molecule has 0 spiro atoms. The Hall–Kier alpha value is -0.200. The molecule has 0 amide bonds. The first-order valence-electron chi connectivity index (χ1n) is 5.53. The molecule has 5 nitrogen and oxygen atoms in total. The van der Waals surface area contributed by atoms with Crippen LogP contribution in [0.25, 0.3) is 0 Å². The summed E-state index contributed by atoms with van der Waals surface area (Å²) in [5.74, 6) is 0. The van der Waals surface area contributed by atoms with Crippen LogP contribution in [0.1, 0.15) is 26.2 Å². The average Bonchev–Trinajstić information content (AvgIpc) is 2.52. The third kappa shape index (κ3) is 2.89. The van der Waals surface area contributed by atoms with Gasteiger partial charge in [-0.15, -0.1) is 0 Å². The summed E-state index contributed by atoms with van der Waals surface area (Å²) < 4.78 is 0. The Morgan fingerprint density at radius 1 is 1.27 bits per heavy atom. The lowest BCUT2D eigenvalue weighted by atomic mass is 10.00. The molecular formula is C10H21NO4. The van der Waals surface area contributed by atoms with Gasteiger partial charge >= 0.3 is 0 Å². The molecule has 90 valence electrons. The summed E-state index contributed by atoms with van der Waals surface area (Å²) in [6, 6.07) is -1.08. The Morgan fingerprint density at radius 3 is 2.40 bits per heavy atom. The molecule has 1 saturated heterocycles. The minimum atomic E-state index is -1.01. The summed E-state index contributed by atoms with van der Waals surface area (Å²) in [4.78, 5) is 0. The van der Waals surface area contributed by atoms with Gasteiger partial charge in [-0.1, -0.05) is 19.8 Å². The van der Waals surface area contributed by atoms with Crippen molar-refractivity contribution in [3.8, 4) is 0 Å². The molecule has 0 bridgehead atoms. The number of hydrogen-bond acceptors (Lipinski definition) is 5. The van der Waals surface area contributed by atoms with Gasteiger partial charge in [0, 0.05) is 0 Å². The molecule has 1 heterocycles.